The van der Waals surface area contributed by atoms with Crippen molar-refractivity contribution >= 4 is 5.97 Å². The summed E-state index contributed by atoms with van der Waals surface area (Å²) in [6, 6.07) is 19.8. The molecule has 0 spiro atoms. The lowest BCUT2D eigenvalue weighted by molar-refractivity contribution is -0.605. The van der Waals surface area contributed by atoms with Crippen LogP contribution in [0.4, 0.5) is 0 Å². The Balaban J connectivity index is 0.00000134. The molecule has 40 heavy (non-hydrogen) atoms. The molecule has 212 valence electrons. The fraction of sp³-hybridized carbons (Fsp3) is 0.281. The zero-order valence-electron chi connectivity index (χ0n) is 24.2. The number of hydrogen-bond donors (Lipinski definition) is 0. The van der Waals surface area contributed by atoms with E-state index in [4.69, 9.17) is 18.9 Å². The Kier molecular flexibility index (Phi) is 13.0. The predicted octanol–water partition coefficient (Wildman–Crippen LogP) is 6.74. The fourth-order valence-corrected chi connectivity index (χ4v) is 3.87. The van der Waals surface area contributed by atoms with E-state index in [1.807, 2.05) is 64.1 Å². The molecule has 8 heteroatoms. The largest absolute Gasteiger partial charge is 0.619 e. The quantitative estimate of drug-likeness (QED) is 0.130. The van der Waals surface area contributed by atoms with Crippen molar-refractivity contribution in [3.8, 4) is 23.1 Å². The molecule has 0 amide bonds. The summed E-state index contributed by atoms with van der Waals surface area (Å²) in [5, 5.41) is 11.5. The summed E-state index contributed by atoms with van der Waals surface area (Å²) >= 11 is 0. The average Bonchev–Trinajstić information content (AvgIpc) is 3.03. The molecule has 0 bridgehead atoms. The maximum atomic E-state index is 11.6. The normalized spacial score (nSPS) is 10.6. The molecule has 4 aromatic rings. The lowest BCUT2D eigenvalue weighted by atomic mass is 9.87. The van der Waals surface area contributed by atoms with Crippen molar-refractivity contribution in [2.45, 2.75) is 40.0 Å². The van der Waals surface area contributed by atoms with Gasteiger partial charge < -0.3 is 24.2 Å². The van der Waals surface area contributed by atoms with Gasteiger partial charge in [0.25, 0.3) is 0 Å². The highest BCUT2D eigenvalue weighted by Crippen LogP contribution is 2.35. The van der Waals surface area contributed by atoms with Crippen molar-refractivity contribution in [1.29, 1.82) is 0 Å². The van der Waals surface area contributed by atoms with Crippen molar-refractivity contribution in [2.75, 3.05) is 21.3 Å². The first-order chi connectivity index (χ1) is 19.5. The summed E-state index contributed by atoms with van der Waals surface area (Å²) in [7, 11) is 4.54. The maximum absolute atomic E-state index is 11.6. The van der Waals surface area contributed by atoms with Crippen LogP contribution in [0.25, 0.3) is 0 Å². The van der Waals surface area contributed by atoms with Crippen LogP contribution in [0.5, 0.6) is 23.1 Å². The van der Waals surface area contributed by atoms with Gasteiger partial charge in [0.2, 0.25) is 5.88 Å². The first kappa shape index (κ1) is 31.6. The maximum Gasteiger partial charge on any atom is 0.337 e. The molecular weight excluding hydrogens is 508 g/mol. The van der Waals surface area contributed by atoms with Crippen molar-refractivity contribution in [1.82, 2.24) is 4.98 Å². The van der Waals surface area contributed by atoms with Crippen LogP contribution >= 0.6 is 0 Å². The molecule has 0 saturated carbocycles. The van der Waals surface area contributed by atoms with Crippen LogP contribution in [-0.2, 0) is 11.2 Å². The van der Waals surface area contributed by atoms with E-state index in [9.17, 15) is 10.0 Å². The van der Waals surface area contributed by atoms with Gasteiger partial charge in [0.15, 0.2) is 23.9 Å². The molecule has 0 fully saturated rings. The number of nitrogens with zero attached hydrogens (tertiary/aromatic N) is 2. The number of methoxy groups -OCH3 is 3. The Morgan fingerprint density at radius 1 is 0.825 bits per heavy atom. The Labute approximate surface area is 236 Å². The van der Waals surface area contributed by atoms with E-state index >= 15 is 0 Å². The third-order valence-electron chi connectivity index (χ3n) is 5.78. The Morgan fingerprint density at radius 3 is 2.00 bits per heavy atom. The fourth-order valence-electron chi connectivity index (χ4n) is 3.87. The van der Waals surface area contributed by atoms with Gasteiger partial charge in [-0.15, -0.1) is 0 Å². The van der Waals surface area contributed by atoms with Gasteiger partial charge >= 0.3 is 5.97 Å². The van der Waals surface area contributed by atoms with Crippen LogP contribution in [0.3, 0.4) is 0 Å². The molecule has 2 aromatic carbocycles. The molecule has 0 aliphatic rings. The predicted molar refractivity (Wildman–Crippen MR) is 155 cm³/mol. The van der Waals surface area contributed by atoms with Crippen molar-refractivity contribution in [2.24, 2.45) is 0 Å². The van der Waals surface area contributed by atoms with Crippen molar-refractivity contribution < 1.29 is 28.5 Å². The molecule has 8 nitrogen and oxygen atoms in total. The zero-order valence-corrected chi connectivity index (χ0v) is 24.2. The van der Waals surface area contributed by atoms with E-state index in [1.54, 1.807) is 50.7 Å². The van der Waals surface area contributed by atoms with E-state index < -0.39 is 5.97 Å². The minimum absolute atomic E-state index is 0.0619. The second-order valence-electron chi connectivity index (χ2n) is 7.99. The smallest absolute Gasteiger partial charge is 0.337 e. The SMILES string of the molecule is CC.CC.COC(=O)c1ccc(Oc2ccc(C(Cc3cc[n+]([O-])cc3)c3ccc(OC)c(OC)c3)cn2)cc1. The van der Waals surface area contributed by atoms with Gasteiger partial charge in [-0.2, -0.15) is 4.73 Å². The Morgan fingerprint density at radius 2 is 1.45 bits per heavy atom. The number of carbonyl (C=O) groups is 1. The summed E-state index contributed by atoms with van der Waals surface area (Å²) in [5.74, 6) is 1.78. The van der Waals surface area contributed by atoms with Crippen molar-refractivity contribution in [3.63, 3.8) is 0 Å². The summed E-state index contributed by atoms with van der Waals surface area (Å²) in [6.07, 6.45) is 5.40. The molecule has 0 saturated heterocycles. The number of aromatic nitrogens is 2. The third kappa shape index (κ3) is 8.46. The van der Waals surface area contributed by atoms with E-state index in [-0.39, 0.29) is 5.92 Å². The highest BCUT2D eigenvalue weighted by atomic mass is 16.5. The van der Waals surface area contributed by atoms with Crippen molar-refractivity contribution in [3.05, 3.63) is 113 Å². The summed E-state index contributed by atoms with van der Waals surface area (Å²) in [4.78, 5) is 16.1. The molecule has 2 heterocycles. The lowest BCUT2D eigenvalue weighted by Gasteiger charge is -2.20. The number of hydrogen-bond acceptors (Lipinski definition) is 7. The minimum Gasteiger partial charge on any atom is -0.619 e. The molecule has 0 aliphatic heterocycles. The van der Waals surface area contributed by atoms with Gasteiger partial charge in [0.05, 0.1) is 26.9 Å². The monoisotopic (exact) mass is 546 g/mol. The van der Waals surface area contributed by atoms with Gasteiger partial charge in [0, 0.05) is 30.3 Å². The van der Waals surface area contributed by atoms with Gasteiger partial charge in [-0.3, -0.25) is 0 Å². The summed E-state index contributed by atoms with van der Waals surface area (Å²) in [6.45, 7) is 8.00. The summed E-state index contributed by atoms with van der Waals surface area (Å²) < 4.78 is 22.2. The Bertz CT molecular complexity index is 1310. The third-order valence-corrected chi connectivity index (χ3v) is 5.78. The molecule has 0 radical (unpaired) electrons. The Hall–Kier alpha value is -4.59. The minimum atomic E-state index is -0.409. The first-order valence-electron chi connectivity index (χ1n) is 13.2. The highest BCUT2D eigenvalue weighted by Gasteiger charge is 2.19. The van der Waals surface area contributed by atoms with Crippen LogP contribution in [0, 0.1) is 5.21 Å². The molecular formula is C32H38N2O6. The second-order valence-corrected chi connectivity index (χ2v) is 7.99. The topological polar surface area (TPSA) is 93.8 Å². The second kappa shape index (κ2) is 16.4. The number of rotatable bonds is 9. The van der Waals surface area contributed by atoms with E-state index in [0.717, 1.165) is 21.4 Å². The first-order valence-corrected chi connectivity index (χ1v) is 13.2. The molecule has 0 N–H and O–H groups in total. The van der Waals surface area contributed by atoms with E-state index in [1.165, 1.54) is 19.5 Å². The van der Waals surface area contributed by atoms with E-state index in [0.29, 0.717) is 35.1 Å². The van der Waals surface area contributed by atoms with Crippen LogP contribution in [0.1, 0.15) is 60.7 Å². The number of ether oxygens (including phenoxy) is 4. The number of esters is 1. The van der Waals surface area contributed by atoms with Gasteiger partial charge in [-0.1, -0.05) is 39.8 Å². The average molecular weight is 547 g/mol. The summed E-state index contributed by atoms with van der Waals surface area (Å²) in [5.41, 5.74) is 3.43. The van der Waals surface area contributed by atoms with E-state index in [2.05, 4.69) is 4.98 Å². The van der Waals surface area contributed by atoms with Crippen LogP contribution in [0.2, 0.25) is 0 Å². The molecule has 1 atom stereocenters. The van der Waals surface area contributed by atoms with Gasteiger partial charge in [-0.25, -0.2) is 9.78 Å². The number of pyridine rings is 2. The van der Waals surface area contributed by atoms with Crippen LogP contribution in [-0.4, -0.2) is 32.3 Å². The zero-order chi connectivity index (χ0) is 29.5. The molecule has 4 rings (SSSR count). The van der Waals surface area contributed by atoms with Crippen LogP contribution in [0.15, 0.2) is 85.3 Å². The molecule has 1 unspecified atom stereocenters. The van der Waals surface area contributed by atoms with Gasteiger partial charge in [-0.05, 0) is 59.5 Å². The van der Waals surface area contributed by atoms with Crippen LogP contribution < -0.4 is 18.9 Å². The highest BCUT2D eigenvalue weighted by molar-refractivity contribution is 5.89. The molecule has 2 aromatic heterocycles. The lowest BCUT2D eigenvalue weighted by Crippen LogP contribution is -2.24. The number of benzene rings is 2. The standard InChI is InChI=1S/C28H26N2O6.2C2H6/c1-33-25-10-6-21(17-26(25)34-2)24(16-19-12-14-30(32)15-13-19)22-7-11-27(29-18-22)36-23-8-4-20(5-9-23)28(31)35-3;2*1-2/h4-15,17-18,24H,16H2,1-3H3;2*1-2H3. The number of carbonyl (C=O) groups excluding carboxylic acids is 1. The van der Waals surface area contributed by atoms with Gasteiger partial charge in [0.1, 0.15) is 5.75 Å². The molecule has 0 aliphatic carbocycles.